The predicted octanol–water partition coefficient (Wildman–Crippen LogP) is -2.34. The van der Waals surface area contributed by atoms with Crippen molar-refractivity contribution >= 4 is 60.8 Å². The van der Waals surface area contributed by atoms with Crippen LogP contribution in [0.15, 0.2) is 0 Å². The van der Waals surface area contributed by atoms with Crippen LogP contribution < -0.4 is 0 Å². The minimum Gasteiger partial charge on any atom is -0.264 e. The van der Waals surface area contributed by atoms with Crippen LogP contribution in [0.4, 0.5) is 0 Å². The van der Waals surface area contributed by atoms with Gasteiger partial charge in [0.05, 0.1) is 0 Å². The molecule has 6 N–H and O–H groups in total. The Morgan fingerprint density at radius 1 is 0.438 bits per heavy atom. The molecule has 0 aliphatic rings. The first-order chi connectivity index (χ1) is 6.00. The molecule has 0 heterocycles. The van der Waals surface area contributed by atoms with E-state index in [9.17, 15) is 0 Å². The predicted molar refractivity (Wildman–Crippen MR) is 48.3 cm³/mol. The molecule has 0 aromatic rings. The Morgan fingerprint density at radius 2 is 0.438 bits per heavy atom. The van der Waals surface area contributed by atoms with Crippen LogP contribution in [0.5, 0.6) is 0 Å². The molecule has 0 aliphatic carbocycles. The van der Waals surface area contributed by atoms with E-state index in [1.165, 1.54) is 0 Å². The molecule has 16 heavy (non-hydrogen) atoms. The fourth-order valence-corrected chi connectivity index (χ4v) is 0. The van der Waals surface area contributed by atoms with Gasteiger partial charge in [0.2, 0.25) is 0 Å². The summed E-state index contributed by atoms with van der Waals surface area (Å²) in [6.45, 7) is 0. The van der Waals surface area contributed by atoms with Crippen LogP contribution in [-0.4, -0.2) is 82.1 Å². The Bertz CT molecular complexity index is 337. The second-order valence-electron chi connectivity index (χ2n) is 1.34. The summed E-state index contributed by atoms with van der Waals surface area (Å²) in [6.07, 6.45) is 0. The van der Waals surface area contributed by atoms with Crippen LogP contribution in [-0.2, 0) is 31.2 Å². The van der Waals surface area contributed by atoms with Crippen molar-refractivity contribution in [2.75, 3.05) is 0 Å². The van der Waals surface area contributed by atoms with Gasteiger partial charge in [0.15, 0.2) is 0 Å². The van der Waals surface area contributed by atoms with Gasteiger partial charge in [-0.05, 0) is 0 Å². The molecule has 91 valence electrons. The average Bonchev–Trinajstić information content (AvgIpc) is 1.41. The summed E-state index contributed by atoms with van der Waals surface area (Å²) < 4.78 is 94.8. The van der Waals surface area contributed by atoms with Crippen LogP contribution in [0.2, 0.25) is 0 Å². The van der Waals surface area contributed by atoms with E-state index in [4.69, 9.17) is 52.6 Å². The topological polar surface area (TPSA) is 224 Å². The molecule has 0 saturated heterocycles. The quantitative estimate of drug-likeness (QED) is 0.204. The van der Waals surface area contributed by atoms with Crippen molar-refractivity contribution in [3.05, 3.63) is 0 Å². The summed E-state index contributed by atoms with van der Waals surface area (Å²) in [6, 6.07) is 0. The van der Waals surface area contributed by atoms with Crippen LogP contribution >= 0.6 is 0 Å². The molecule has 0 amide bonds. The van der Waals surface area contributed by atoms with Gasteiger partial charge < -0.3 is 0 Å². The van der Waals surface area contributed by atoms with Gasteiger partial charge in [-0.1, -0.05) is 0 Å². The SMILES string of the molecule is O=S(=O)(O)O.O=S(=O)(O)O.O=S(=O)(O)O.[Na+6]. The van der Waals surface area contributed by atoms with Gasteiger partial charge in [0, 0.05) is 0 Å². The zero-order chi connectivity index (χ0) is 13.5. The minimum atomic E-state index is -4.67. The van der Waals surface area contributed by atoms with E-state index in [2.05, 4.69) is 0 Å². The second kappa shape index (κ2) is 9.62. The minimum absolute atomic E-state index is 0. The molecule has 0 bridgehead atoms. The molecular weight excluding hydrogens is 311 g/mol. The Hall–Kier alpha value is 0.610. The zero-order valence-electron chi connectivity index (χ0n) is 7.36. The molecule has 0 aromatic carbocycles. The van der Waals surface area contributed by atoms with Gasteiger partial charge >= 0.3 is 60.8 Å². The Kier molecular flexibility index (Phi) is 15.3. The molecule has 16 heteroatoms. The molecule has 13 radical (unpaired) electrons. The molecular formula is H6NaO12S3+6. The molecule has 0 spiro atoms. The molecule has 0 rings (SSSR count). The maximum atomic E-state index is 8.74. The number of hydrogen-bond donors (Lipinski definition) is 6. The standard InChI is InChI=1S/Na.3H2O4S/c;3*1-5(2,3)4/h;3*(H2,1,2,3,4)/q+6;;;. The van der Waals surface area contributed by atoms with E-state index < -0.39 is 31.2 Å². The van der Waals surface area contributed by atoms with E-state index in [0.717, 1.165) is 0 Å². The van der Waals surface area contributed by atoms with Crippen molar-refractivity contribution in [2.45, 2.75) is 0 Å². The van der Waals surface area contributed by atoms with E-state index in [-0.39, 0.29) is 29.6 Å². The monoisotopic (exact) mass is 317 g/mol. The Balaban J connectivity index is -0.0000000655. The maximum absolute atomic E-state index is 8.74. The number of rotatable bonds is 0. The summed E-state index contributed by atoms with van der Waals surface area (Å²) in [5.41, 5.74) is 0. The van der Waals surface area contributed by atoms with Crippen molar-refractivity contribution in [3.63, 3.8) is 0 Å². The summed E-state index contributed by atoms with van der Waals surface area (Å²) in [5.74, 6) is 0. The molecule has 12 nitrogen and oxygen atoms in total. The van der Waals surface area contributed by atoms with Gasteiger partial charge in [-0.25, -0.2) is 0 Å². The van der Waals surface area contributed by atoms with Crippen molar-refractivity contribution in [3.8, 4) is 0 Å². The van der Waals surface area contributed by atoms with Gasteiger partial charge in [0.1, 0.15) is 0 Å². The molecule has 0 saturated carbocycles. The van der Waals surface area contributed by atoms with Gasteiger partial charge in [-0.15, -0.1) is 0 Å². The van der Waals surface area contributed by atoms with Crippen molar-refractivity contribution < 1.29 is 52.6 Å². The maximum Gasteiger partial charge on any atom is 6.00 e. The summed E-state index contributed by atoms with van der Waals surface area (Å²) in [4.78, 5) is 0. The normalized spacial score (nSPS) is 10.9. The van der Waals surface area contributed by atoms with Crippen LogP contribution in [0, 0.1) is 0 Å². The van der Waals surface area contributed by atoms with E-state index in [0.29, 0.717) is 0 Å². The molecule has 0 aromatic heterocycles. The largest absolute Gasteiger partial charge is 6.00 e. The summed E-state index contributed by atoms with van der Waals surface area (Å²) >= 11 is 0. The van der Waals surface area contributed by atoms with Crippen molar-refractivity contribution in [1.82, 2.24) is 0 Å². The first kappa shape index (κ1) is 25.5. The summed E-state index contributed by atoms with van der Waals surface area (Å²) in [7, 11) is -14.0. The smallest absolute Gasteiger partial charge is 0.264 e. The van der Waals surface area contributed by atoms with Gasteiger partial charge in [0.25, 0.3) is 0 Å². The molecule has 0 fully saturated rings. The number of hydrogen-bond acceptors (Lipinski definition) is 6. The van der Waals surface area contributed by atoms with Crippen molar-refractivity contribution in [1.29, 1.82) is 0 Å². The fraction of sp³-hybridized carbons (Fsp3) is 0. The Labute approximate surface area is 113 Å². The zero-order valence-corrected chi connectivity index (χ0v) is 11.8. The average molecular weight is 317 g/mol. The van der Waals surface area contributed by atoms with Crippen LogP contribution in [0.3, 0.4) is 0 Å². The van der Waals surface area contributed by atoms with E-state index in [1.807, 2.05) is 0 Å². The third-order valence-corrected chi connectivity index (χ3v) is 0. The fourth-order valence-electron chi connectivity index (χ4n) is 0. The second-order valence-corrected chi connectivity index (χ2v) is 4.03. The Morgan fingerprint density at radius 3 is 0.438 bits per heavy atom. The van der Waals surface area contributed by atoms with Gasteiger partial charge in [-0.2, -0.15) is 25.3 Å². The van der Waals surface area contributed by atoms with E-state index in [1.54, 1.807) is 0 Å². The molecule has 0 aliphatic heterocycles. The van der Waals surface area contributed by atoms with Gasteiger partial charge in [-0.3, -0.25) is 27.3 Å². The first-order valence-corrected chi connectivity index (χ1v) is 6.29. The molecule has 0 unspecified atom stereocenters. The van der Waals surface area contributed by atoms with Crippen LogP contribution in [0.1, 0.15) is 0 Å². The van der Waals surface area contributed by atoms with Crippen molar-refractivity contribution in [2.24, 2.45) is 0 Å². The van der Waals surface area contributed by atoms with E-state index >= 15 is 0 Å². The first-order valence-electron chi connectivity index (χ1n) is 2.10. The van der Waals surface area contributed by atoms with Crippen LogP contribution in [0.25, 0.3) is 0 Å². The third kappa shape index (κ3) is 7270. The summed E-state index contributed by atoms with van der Waals surface area (Å²) in [5, 5.41) is 0. The molecule has 0 atom stereocenters. The third-order valence-electron chi connectivity index (χ3n) is 0.